The van der Waals surface area contributed by atoms with E-state index in [1.807, 2.05) is 7.05 Å². The first-order chi connectivity index (χ1) is 8.88. The second-order valence-corrected chi connectivity index (χ2v) is 7.24. The zero-order valence-corrected chi connectivity index (χ0v) is 13.3. The van der Waals surface area contributed by atoms with Gasteiger partial charge in [-0.1, -0.05) is 0 Å². The van der Waals surface area contributed by atoms with Gasteiger partial charge in [-0.2, -0.15) is 12.7 Å². The summed E-state index contributed by atoms with van der Waals surface area (Å²) >= 11 is 0. The number of hydrogen-bond donors (Lipinski definition) is 2. The minimum Gasteiger partial charge on any atom is -0.320 e. The Morgan fingerprint density at radius 3 is 2.47 bits per heavy atom. The van der Waals surface area contributed by atoms with Crippen molar-refractivity contribution < 1.29 is 8.42 Å². The van der Waals surface area contributed by atoms with Crippen molar-refractivity contribution in [1.29, 1.82) is 0 Å². The van der Waals surface area contributed by atoms with Gasteiger partial charge in [0.15, 0.2) is 0 Å². The number of nitrogens with one attached hydrogen (secondary N) is 2. The Bertz CT molecular complexity index is 357. The molecular weight excluding hydrogens is 264 g/mol. The highest BCUT2D eigenvalue weighted by Crippen LogP contribution is 2.26. The van der Waals surface area contributed by atoms with Crippen molar-refractivity contribution in [3.05, 3.63) is 0 Å². The van der Waals surface area contributed by atoms with Gasteiger partial charge in [0.05, 0.1) is 0 Å². The highest BCUT2D eigenvalue weighted by Gasteiger charge is 2.29. The van der Waals surface area contributed by atoms with E-state index in [9.17, 15) is 8.42 Å². The van der Waals surface area contributed by atoms with Gasteiger partial charge in [0.1, 0.15) is 0 Å². The van der Waals surface area contributed by atoms with Gasteiger partial charge >= 0.3 is 0 Å². The van der Waals surface area contributed by atoms with E-state index in [0.29, 0.717) is 19.1 Å². The second-order valence-electron chi connectivity index (χ2n) is 5.38. The van der Waals surface area contributed by atoms with Crippen LogP contribution in [0.15, 0.2) is 0 Å². The molecule has 1 aliphatic rings. The molecule has 0 heterocycles. The van der Waals surface area contributed by atoms with E-state index in [1.54, 1.807) is 7.05 Å². The second kappa shape index (κ2) is 7.54. The molecule has 1 rings (SSSR count). The molecule has 0 bridgehead atoms. The highest BCUT2D eigenvalue weighted by molar-refractivity contribution is 7.87. The van der Waals surface area contributed by atoms with Crippen LogP contribution >= 0.6 is 0 Å². The van der Waals surface area contributed by atoms with Crippen LogP contribution in [0.25, 0.3) is 0 Å². The normalized spacial score (nSPS) is 18.2. The van der Waals surface area contributed by atoms with Crippen molar-refractivity contribution in [2.45, 2.75) is 38.3 Å². The maximum atomic E-state index is 12.0. The number of likely N-dealkylation sites (N-methyl/N-ethyl adjacent to an activating group) is 1. The summed E-state index contributed by atoms with van der Waals surface area (Å²) in [6.07, 6.45) is 3.28. The van der Waals surface area contributed by atoms with Crippen LogP contribution in [0.4, 0.5) is 0 Å². The predicted molar refractivity (Wildman–Crippen MR) is 78.3 cm³/mol. The van der Waals surface area contributed by atoms with E-state index in [1.165, 1.54) is 17.1 Å². The molecule has 19 heavy (non-hydrogen) atoms. The zero-order chi connectivity index (χ0) is 14.5. The molecule has 0 aromatic carbocycles. The van der Waals surface area contributed by atoms with Crippen molar-refractivity contribution in [1.82, 2.24) is 19.2 Å². The lowest BCUT2D eigenvalue weighted by Crippen LogP contribution is -2.45. The van der Waals surface area contributed by atoms with Crippen LogP contribution in [0.5, 0.6) is 0 Å². The summed E-state index contributed by atoms with van der Waals surface area (Å²) in [5.74, 6) is 0. The Morgan fingerprint density at radius 2 is 1.95 bits per heavy atom. The molecule has 0 aromatic rings. The van der Waals surface area contributed by atoms with E-state index < -0.39 is 10.2 Å². The third-order valence-corrected chi connectivity index (χ3v) is 5.22. The molecule has 2 N–H and O–H groups in total. The van der Waals surface area contributed by atoms with Gasteiger partial charge in [0, 0.05) is 32.2 Å². The minimum absolute atomic E-state index is 0.230. The lowest BCUT2D eigenvalue weighted by molar-refractivity contribution is 0.247. The average Bonchev–Trinajstić information content (AvgIpc) is 3.19. The van der Waals surface area contributed by atoms with E-state index in [4.69, 9.17) is 0 Å². The van der Waals surface area contributed by atoms with E-state index in [0.717, 1.165) is 13.0 Å². The third kappa shape index (κ3) is 5.74. The van der Waals surface area contributed by atoms with Gasteiger partial charge in [-0.15, -0.1) is 0 Å². The quantitative estimate of drug-likeness (QED) is 0.550. The molecule has 1 unspecified atom stereocenters. The SMILES string of the molecule is CNCCCN(C)S(=O)(=O)NCC(C)N(C)C1CC1. The van der Waals surface area contributed by atoms with Crippen molar-refractivity contribution in [3.8, 4) is 0 Å². The molecule has 1 saturated carbocycles. The van der Waals surface area contributed by atoms with Crippen LogP contribution in [0.2, 0.25) is 0 Å². The molecule has 114 valence electrons. The first-order valence-corrected chi connectivity index (χ1v) is 8.40. The summed E-state index contributed by atoms with van der Waals surface area (Å²) in [6.45, 7) is 3.87. The van der Waals surface area contributed by atoms with Crippen molar-refractivity contribution >= 4 is 10.2 Å². The molecule has 1 fully saturated rings. The molecule has 0 aliphatic heterocycles. The van der Waals surface area contributed by atoms with Crippen LogP contribution in [0.3, 0.4) is 0 Å². The van der Waals surface area contributed by atoms with Gasteiger partial charge in [0.25, 0.3) is 10.2 Å². The Labute approximate surface area is 117 Å². The van der Waals surface area contributed by atoms with Gasteiger partial charge in [-0.25, -0.2) is 4.72 Å². The van der Waals surface area contributed by atoms with Gasteiger partial charge < -0.3 is 5.32 Å². The first-order valence-electron chi connectivity index (χ1n) is 6.96. The van der Waals surface area contributed by atoms with E-state index in [-0.39, 0.29) is 6.04 Å². The van der Waals surface area contributed by atoms with Gasteiger partial charge in [-0.05, 0) is 46.8 Å². The molecule has 0 spiro atoms. The molecule has 6 nitrogen and oxygen atoms in total. The van der Waals surface area contributed by atoms with Crippen molar-refractivity contribution in [2.24, 2.45) is 0 Å². The lowest BCUT2D eigenvalue weighted by Gasteiger charge is -2.26. The Hall–Kier alpha value is -0.210. The highest BCUT2D eigenvalue weighted by atomic mass is 32.2. The minimum atomic E-state index is -3.35. The van der Waals surface area contributed by atoms with Crippen LogP contribution in [-0.4, -0.2) is 70.5 Å². The third-order valence-electron chi connectivity index (χ3n) is 3.69. The molecule has 7 heteroatoms. The fourth-order valence-electron chi connectivity index (χ4n) is 1.92. The van der Waals surface area contributed by atoms with Gasteiger partial charge in [-0.3, -0.25) is 4.90 Å². The monoisotopic (exact) mass is 292 g/mol. The van der Waals surface area contributed by atoms with E-state index >= 15 is 0 Å². The lowest BCUT2D eigenvalue weighted by atomic mass is 10.3. The number of hydrogen-bond acceptors (Lipinski definition) is 4. The standard InChI is InChI=1S/C12H28N4O2S/c1-11(16(4)12-6-7-12)10-14-19(17,18)15(3)9-5-8-13-2/h11-14H,5-10H2,1-4H3. The Morgan fingerprint density at radius 1 is 1.32 bits per heavy atom. The molecule has 0 radical (unpaired) electrons. The summed E-state index contributed by atoms with van der Waals surface area (Å²) in [6, 6.07) is 0.876. The molecule has 0 amide bonds. The summed E-state index contributed by atoms with van der Waals surface area (Å²) in [5.41, 5.74) is 0. The summed E-state index contributed by atoms with van der Waals surface area (Å²) in [7, 11) is 2.20. The summed E-state index contributed by atoms with van der Waals surface area (Å²) in [5, 5.41) is 3.01. The van der Waals surface area contributed by atoms with Gasteiger partial charge in [0.2, 0.25) is 0 Å². The molecule has 0 saturated heterocycles. The zero-order valence-electron chi connectivity index (χ0n) is 12.5. The number of rotatable bonds is 10. The predicted octanol–water partition coefficient (Wildman–Crippen LogP) is -0.155. The van der Waals surface area contributed by atoms with E-state index in [2.05, 4.69) is 28.9 Å². The topological polar surface area (TPSA) is 64.7 Å². The first kappa shape index (κ1) is 16.8. The molecule has 1 atom stereocenters. The Kier molecular flexibility index (Phi) is 6.68. The summed E-state index contributed by atoms with van der Waals surface area (Å²) in [4.78, 5) is 2.25. The smallest absolute Gasteiger partial charge is 0.279 e. The molecule has 1 aliphatic carbocycles. The average molecular weight is 292 g/mol. The maximum absolute atomic E-state index is 12.0. The maximum Gasteiger partial charge on any atom is 0.279 e. The van der Waals surface area contributed by atoms with Crippen molar-refractivity contribution in [3.63, 3.8) is 0 Å². The largest absolute Gasteiger partial charge is 0.320 e. The van der Waals surface area contributed by atoms with Crippen LogP contribution in [-0.2, 0) is 10.2 Å². The molecule has 0 aromatic heterocycles. The fraction of sp³-hybridized carbons (Fsp3) is 1.00. The van der Waals surface area contributed by atoms with Crippen LogP contribution < -0.4 is 10.0 Å². The Balaban J connectivity index is 2.32. The summed E-state index contributed by atoms with van der Waals surface area (Å²) < 4.78 is 28.1. The van der Waals surface area contributed by atoms with Crippen molar-refractivity contribution in [2.75, 3.05) is 40.8 Å². The molecular formula is C12H28N4O2S. The fourth-order valence-corrected chi connectivity index (χ4v) is 2.96. The van der Waals surface area contributed by atoms with Crippen LogP contribution in [0.1, 0.15) is 26.2 Å². The van der Waals surface area contributed by atoms with Crippen LogP contribution in [0, 0.1) is 0 Å². The number of nitrogens with zero attached hydrogens (tertiary/aromatic N) is 2.